The maximum Gasteiger partial charge on any atom is 0.0224 e. The van der Waals surface area contributed by atoms with Crippen molar-refractivity contribution in [2.45, 2.75) is 71.0 Å². The van der Waals surface area contributed by atoms with Crippen molar-refractivity contribution in [3.63, 3.8) is 0 Å². The van der Waals surface area contributed by atoms with Gasteiger partial charge in [-0.05, 0) is 46.0 Å². The van der Waals surface area contributed by atoms with Crippen molar-refractivity contribution < 1.29 is 0 Å². The Balaban J connectivity index is 1.99. The third-order valence-corrected chi connectivity index (χ3v) is 4.43. The summed E-state index contributed by atoms with van der Waals surface area (Å²) in [6, 6.07) is 1.46. The van der Waals surface area contributed by atoms with Crippen LogP contribution >= 0.6 is 0 Å². The molecule has 94 valence electrons. The second-order valence-corrected chi connectivity index (χ2v) is 6.42. The highest BCUT2D eigenvalue weighted by Gasteiger charge is 2.40. The minimum Gasteiger partial charge on any atom is -0.311 e. The Bertz CT molecular complexity index is 233. The van der Waals surface area contributed by atoms with E-state index in [4.69, 9.17) is 0 Å². The summed E-state index contributed by atoms with van der Waals surface area (Å²) in [5.74, 6) is 0.979. The molecule has 2 fully saturated rings. The van der Waals surface area contributed by atoms with E-state index < -0.39 is 0 Å². The van der Waals surface area contributed by atoms with E-state index in [2.05, 4.69) is 37.9 Å². The molecule has 1 aliphatic heterocycles. The summed E-state index contributed by atoms with van der Waals surface area (Å²) in [4.78, 5) is 2.75. The van der Waals surface area contributed by atoms with E-state index in [9.17, 15) is 0 Å². The van der Waals surface area contributed by atoms with Crippen molar-refractivity contribution in [2.75, 3.05) is 13.1 Å². The third kappa shape index (κ3) is 2.60. The zero-order valence-corrected chi connectivity index (χ0v) is 11.4. The molecule has 1 heterocycles. The summed E-state index contributed by atoms with van der Waals surface area (Å²) < 4.78 is 0. The first-order valence-electron chi connectivity index (χ1n) is 7.04. The Morgan fingerprint density at radius 2 is 2.00 bits per heavy atom. The van der Waals surface area contributed by atoms with E-state index in [0.717, 1.165) is 12.0 Å². The van der Waals surface area contributed by atoms with Crippen molar-refractivity contribution in [1.29, 1.82) is 0 Å². The molecule has 0 aromatic carbocycles. The maximum atomic E-state index is 3.73. The van der Waals surface area contributed by atoms with Crippen LogP contribution in [0.4, 0.5) is 0 Å². The molecule has 2 atom stereocenters. The molecule has 2 aliphatic rings. The van der Waals surface area contributed by atoms with Crippen molar-refractivity contribution in [3.8, 4) is 0 Å². The van der Waals surface area contributed by atoms with Crippen LogP contribution in [0.25, 0.3) is 0 Å². The Hall–Kier alpha value is -0.0800. The number of hydrogen-bond acceptors (Lipinski definition) is 2. The predicted octanol–water partition coefficient (Wildman–Crippen LogP) is 2.64. The molecule has 1 saturated heterocycles. The first-order valence-corrected chi connectivity index (χ1v) is 7.04. The lowest BCUT2D eigenvalue weighted by atomic mass is 9.91. The van der Waals surface area contributed by atoms with Gasteiger partial charge >= 0.3 is 0 Å². The van der Waals surface area contributed by atoms with E-state index in [1.165, 1.54) is 38.8 Å². The molecular weight excluding hydrogens is 196 g/mol. The zero-order chi connectivity index (χ0) is 11.8. The number of nitrogens with one attached hydrogen (secondary N) is 1. The summed E-state index contributed by atoms with van der Waals surface area (Å²) >= 11 is 0. The second-order valence-electron chi connectivity index (χ2n) is 6.42. The molecule has 0 aromatic rings. The van der Waals surface area contributed by atoms with Crippen LogP contribution in [0.15, 0.2) is 0 Å². The first kappa shape index (κ1) is 12.4. The molecule has 2 nitrogen and oxygen atoms in total. The van der Waals surface area contributed by atoms with Crippen LogP contribution < -0.4 is 5.32 Å². The lowest BCUT2D eigenvalue weighted by Crippen LogP contribution is -2.62. The standard InChI is InChI=1S/C14H28N2/c1-5-8-14(3,4)16-10-13(12-6-7-12)15-9-11(16)2/h11-13,15H,5-10H2,1-4H3. The molecular formula is C14H28N2. The van der Waals surface area contributed by atoms with E-state index in [-0.39, 0.29) is 0 Å². The molecule has 2 unspecified atom stereocenters. The molecule has 1 N–H and O–H groups in total. The van der Waals surface area contributed by atoms with Crippen LogP contribution in [0.5, 0.6) is 0 Å². The molecule has 0 aromatic heterocycles. The number of hydrogen-bond donors (Lipinski definition) is 1. The van der Waals surface area contributed by atoms with Gasteiger partial charge in [-0.25, -0.2) is 0 Å². The average Bonchev–Trinajstić information content (AvgIpc) is 3.01. The normalized spacial score (nSPS) is 33.0. The summed E-state index contributed by atoms with van der Waals surface area (Å²) in [7, 11) is 0. The molecule has 0 spiro atoms. The van der Waals surface area contributed by atoms with Crippen LogP contribution in [-0.2, 0) is 0 Å². The number of piperazine rings is 1. The van der Waals surface area contributed by atoms with Gasteiger partial charge in [0.25, 0.3) is 0 Å². The summed E-state index contributed by atoms with van der Waals surface area (Å²) in [6.07, 6.45) is 5.51. The van der Waals surface area contributed by atoms with E-state index >= 15 is 0 Å². The van der Waals surface area contributed by atoms with Crippen LogP contribution in [0.3, 0.4) is 0 Å². The molecule has 2 rings (SSSR count). The molecule has 0 amide bonds. The largest absolute Gasteiger partial charge is 0.311 e. The van der Waals surface area contributed by atoms with Gasteiger partial charge in [0.2, 0.25) is 0 Å². The van der Waals surface area contributed by atoms with Gasteiger partial charge in [0.1, 0.15) is 0 Å². The van der Waals surface area contributed by atoms with Gasteiger partial charge in [0.05, 0.1) is 0 Å². The van der Waals surface area contributed by atoms with Gasteiger partial charge in [-0.3, -0.25) is 4.90 Å². The van der Waals surface area contributed by atoms with Gasteiger partial charge in [-0.15, -0.1) is 0 Å². The fraction of sp³-hybridized carbons (Fsp3) is 1.00. The van der Waals surface area contributed by atoms with E-state index in [1.54, 1.807) is 0 Å². The van der Waals surface area contributed by atoms with E-state index in [0.29, 0.717) is 11.6 Å². The van der Waals surface area contributed by atoms with Gasteiger partial charge in [0, 0.05) is 30.7 Å². The highest BCUT2D eigenvalue weighted by Crippen LogP contribution is 2.36. The lowest BCUT2D eigenvalue weighted by Gasteiger charge is -2.48. The summed E-state index contributed by atoms with van der Waals surface area (Å²) in [6.45, 7) is 11.9. The van der Waals surface area contributed by atoms with Crippen LogP contribution in [0.2, 0.25) is 0 Å². The van der Waals surface area contributed by atoms with Crippen molar-refractivity contribution in [1.82, 2.24) is 10.2 Å². The number of rotatable bonds is 4. The Kier molecular flexibility index (Phi) is 3.60. The first-order chi connectivity index (χ1) is 7.54. The quantitative estimate of drug-likeness (QED) is 0.790. The fourth-order valence-electron chi connectivity index (χ4n) is 3.30. The monoisotopic (exact) mass is 224 g/mol. The molecule has 0 bridgehead atoms. The van der Waals surface area contributed by atoms with Crippen molar-refractivity contribution in [2.24, 2.45) is 5.92 Å². The van der Waals surface area contributed by atoms with Gasteiger partial charge in [-0.2, -0.15) is 0 Å². The van der Waals surface area contributed by atoms with Crippen molar-refractivity contribution in [3.05, 3.63) is 0 Å². The molecule has 1 saturated carbocycles. The minimum atomic E-state index is 0.378. The highest BCUT2D eigenvalue weighted by atomic mass is 15.3. The lowest BCUT2D eigenvalue weighted by molar-refractivity contribution is 0.0286. The van der Waals surface area contributed by atoms with Gasteiger partial charge < -0.3 is 5.32 Å². The van der Waals surface area contributed by atoms with Crippen LogP contribution in [0, 0.1) is 5.92 Å². The molecule has 16 heavy (non-hydrogen) atoms. The van der Waals surface area contributed by atoms with E-state index in [1.807, 2.05) is 0 Å². The Morgan fingerprint density at radius 3 is 2.56 bits per heavy atom. The predicted molar refractivity (Wildman–Crippen MR) is 69.7 cm³/mol. The maximum absolute atomic E-state index is 3.73. The fourth-order valence-corrected chi connectivity index (χ4v) is 3.30. The van der Waals surface area contributed by atoms with Gasteiger partial charge in [-0.1, -0.05) is 13.3 Å². The SMILES string of the molecule is CCCC(C)(C)N1CC(C2CC2)NCC1C. The molecule has 1 aliphatic carbocycles. The van der Waals surface area contributed by atoms with Crippen LogP contribution in [0.1, 0.15) is 53.4 Å². The number of nitrogens with zero attached hydrogens (tertiary/aromatic N) is 1. The van der Waals surface area contributed by atoms with Crippen molar-refractivity contribution >= 4 is 0 Å². The Labute approximate surface area is 101 Å². The average molecular weight is 224 g/mol. The second kappa shape index (κ2) is 4.66. The summed E-state index contributed by atoms with van der Waals surface area (Å²) in [5, 5.41) is 3.73. The third-order valence-electron chi connectivity index (χ3n) is 4.43. The Morgan fingerprint density at radius 1 is 1.31 bits per heavy atom. The summed E-state index contributed by atoms with van der Waals surface area (Å²) in [5.41, 5.74) is 0.378. The highest BCUT2D eigenvalue weighted by molar-refractivity contribution is 4.97. The van der Waals surface area contributed by atoms with Crippen LogP contribution in [-0.4, -0.2) is 35.6 Å². The zero-order valence-electron chi connectivity index (χ0n) is 11.4. The topological polar surface area (TPSA) is 15.3 Å². The molecule has 0 radical (unpaired) electrons. The smallest absolute Gasteiger partial charge is 0.0224 e. The minimum absolute atomic E-state index is 0.378. The van der Waals surface area contributed by atoms with Gasteiger partial charge in [0.15, 0.2) is 0 Å². The molecule has 2 heteroatoms.